The van der Waals surface area contributed by atoms with Crippen LogP contribution in [-0.4, -0.2) is 30.3 Å². The Bertz CT molecular complexity index is 378. The molecule has 0 amide bonds. The van der Waals surface area contributed by atoms with Crippen LogP contribution in [0.5, 0.6) is 5.75 Å². The van der Waals surface area contributed by atoms with Crippen LogP contribution in [0, 0.1) is 11.6 Å². The largest absolute Gasteiger partial charge is 0.491 e. The molecule has 0 aliphatic rings. The van der Waals surface area contributed by atoms with Gasteiger partial charge in [0.15, 0.2) is 0 Å². The molecule has 1 rings (SSSR count). The minimum atomic E-state index is -1.08. The van der Waals surface area contributed by atoms with Crippen LogP contribution in [0.4, 0.5) is 8.78 Å². The van der Waals surface area contributed by atoms with E-state index < -0.39 is 23.6 Å². The van der Waals surface area contributed by atoms with Crippen LogP contribution in [0.15, 0.2) is 18.2 Å². The smallest absolute Gasteiger partial charge is 0.324 e. The molecule has 0 aliphatic heterocycles. The number of likely N-dealkylation sites (N-methyl/N-ethyl adjacent to an activating group) is 1. The maximum Gasteiger partial charge on any atom is 0.324 e. The van der Waals surface area contributed by atoms with E-state index in [1.54, 1.807) is 6.92 Å². The van der Waals surface area contributed by atoms with Gasteiger partial charge in [0, 0.05) is 18.2 Å². The molecule has 1 unspecified atom stereocenters. The standard InChI is InChI=1S/C11H13F2NO3/c1-2-14-10(11(15)16)6-17-9-4-7(12)3-8(13)5-9/h3-5,10,14H,2,6H2,1H3,(H,15,16). The molecule has 94 valence electrons. The number of hydrogen-bond donors (Lipinski definition) is 2. The summed E-state index contributed by atoms with van der Waals surface area (Å²) in [7, 11) is 0. The van der Waals surface area contributed by atoms with E-state index in [2.05, 4.69) is 5.32 Å². The molecule has 1 aromatic rings. The average Bonchev–Trinajstić information content (AvgIpc) is 2.22. The second kappa shape index (κ2) is 6.15. The molecule has 2 N–H and O–H groups in total. The molecule has 1 aromatic carbocycles. The van der Waals surface area contributed by atoms with Gasteiger partial charge in [-0.15, -0.1) is 0 Å². The van der Waals surface area contributed by atoms with Crippen molar-refractivity contribution >= 4 is 5.97 Å². The van der Waals surface area contributed by atoms with E-state index >= 15 is 0 Å². The minimum Gasteiger partial charge on any atom is -0.491 e. The fourth-order valence-corrected chi connectivity index (χ4v) is 1.26. The van der Waals surface area contributed by atoms with Crippen molar-refractivity contribution in [2.75, 3.05) is 13.2 Å². The monoisotopic (exact) mass is 245 g/mol. The third-order valence-electron chi connectivity index (χ3n) is 2.00. The van der Waals surface area contributed by atoms with Crippen molar-refractivity contribution in [2.24, 2.45) is 0 Å². The van der Waals surface area contributed by atoms with Crippen molar-refractivity contribution in [1.82, 2.24) is 5.32 Å². The van der Waals surface area contributed by atoms with Gasteiger partial charge >= 0.3 is 5.97 Å². The van der Waals surface area contributed by atoms with E-state index in [-0.39, 0.29) is 12.4 Å². The van der Waals surface area contributed by atoms with Gasteiger partial charge in [-0.2, -0.15) is 0 Å². The molecular formula is C11H13F2NO3. The molecule has 0 saturated carbocycles. The summed E-state index contributed by atoms with van der Waals surface area (Å²) in [6.07, 6.45) is 0. The average molecular weight is 245 g/mol. The van der Waals surface area contributed by atoms with Crippen LogP contribution in [0.1, 0.15) is 6.92 Å². The number of rotatable bonds is 6. The van der Waals surface area contributed by atoms with Crippen LogP contribution in [0.2, 0.25) is 0 Å². The number of aliphatic carboxylic acids is 1. The summed E-state index contributed by atoms with van der Waals surface area (Å²) in [6.45, 7) is 2.00. The lowest BCUT2D eigenvalue weighted by molar-refractivity contribution is -0.140. The lowest BCUT2D eigenvalue weighted by Gasteiger charge is -2.14. The van der Waals surface area contributed by atoms with Crippen molar-refractivity contribution in [1.29, 1.82) is 0 Å². The van der Waals surface area contributed by atoms with E-state index in [4.69, 9.17) is 9.84 Å². The van der Waals surface area contributed by atoms with E-state index in [1.807, 2.05) is 0 Å². The number of hydrogen-bond acceptors (Lipinski definition) is 3. The maximum atomic E-state index is 12.8. The molecule has 1 atom stereocenters. The Morgan fingerprint density at radius 3 is 2.47 bits per heavy atom. The van der Waals surface area contributed by atoms with E-state index in [1.165, 1.54) is 0 Å². The van der Waals surface area contributed by atoms with Gasteiger partial charge in [0.2, 0.25) is 0 Å². The van der Waals surface area contributed by atoms with Gasteiger partial charge in [0.25, 0.3) is 0 Å². The molecule has 6 heteroatoms. The molecule has 17 heavy (non-hydrogen) atoms. The summed E-state index contributed by atoms with van der Waals surface area (Å²) in [5.74, 6) is -2.65. The Balaban J connectivity index is 2.61. The third kappa shape index (κ3) is 4.36. The fraction of sp³-hybridized carbons (Fsp3) is 0.364. The Kier molecular flexibility index (Phi) is 4.84. The summed E-state index contributed by atoms with van der Waals surface area (Å²) in [5, 5.41) is 11.5. The molecule has 0 heterocycles. The molecule has 0 saturated heterocycles. The molecule has 0 aliphatic carbocycles. The minimum absolute atomic E-state index is 0.0355. The van der Waals surface area contributed by atoms with Gasteiger partial charge < -0.3 is 15.2 Å². The summed E-state index contributed by atoms with van der Waals surface area (Å²) < 4.78 is 30.6. The predicted octanol–water partition coefficient (Wildman–Crippen LogP) is 1.41. The van der Waals surface area contributed by atoms with Crippen LogP contribution < -0.4 is 10.1 Å². The third-order valence-corrected chi connectivity index (χ3v) is 2.00. The quantitative estimate of drug-likeness (QED) is 0.795. The van der Waals surface area contributed by atoms with Crippen LogP contribution in [0.3, 0.4) is 0 Å². The zero-order valence-corrected chi connectivity index (χ0v) is 9.24. The highest BCUT2D eigenvalue weighted by atomic mass is 19.1. The Morgan fingerprint density at radius 1 is 1.41 bits per heavy atom. The van der Waals surface area contributed by atoms with E-state index in [0.29, 0.717) is 12.6 Å². The summed E-state index contributed by atoms with van der Waals surface area (Å²) in [5.41, 5.74) is 0. The SMILES string of the molecule is CCNC(COc1cc(F)cc(F)c1)C(=O)O. The summed E-state index contributed by atoms with van der Waals surface area (Å²) in [6, 6.07) is 1.79. The lowest BCUT2D eigenvalue weighted by Crippen LogP contribution is -2.41. The molecule has 4 nitrogen and oxygen atoms in total. The fourth-order valence-electron chi connectivity index (χ4n) is 1.26. The molecule has 0 bridgehead atoms. The molecule has 0 radical (unpaired) electrons. The Labute approximate surface area is 97.2 Å². The normalized spacial score (nSPS) is 12.2. The second-order valence-corrected chi connectivity index (χ2v) is 3.36. The molecule has 0 fully saturated rings. The topological polar surface area (TPSA) is 58.6 Å². The predicted molar refractivity (Wildman–Crippen MR) is 57.0 cm³/mol. The van der Waals surface area contributed by atoms with E-state index in [9.17, 15) is 13.6 Å². The van der Waals surface area contributed by atoms with Gasteiger partial charge in [-0.05, 0) is 6.54 Å². The first-order valence-electron chi connectivity index (χ1n) is 5.08. The number of carboxylic acids is 1. The first-order chi connectivity index (χ1) is 8.02. The van der Waals surface area contributed by atoms with Gasteiger partial charge in [-0.25, -0.2) is 8.78 Å². The first-order valence-corrected chi connectivity index (χ1v) is 5.08. The van der Waals surface area contributed by atoms with Crippen molar-refractivity contribution in [2.45, 2.75) is 13.0 Å². The van der Waals surface area contributed by atoms with Crippen molar-refractivity contribution in [3.63, 3.8) is 0 Å². The number of carbonyl (C=O) groups is 1. The van der Waals surface area contributed by atoms with Gasteiger partial charge in [-0.3, -0.25) is 4.79 Å². The summed E-state index contributed by atoms with van der Waals surface area (Å²) in [4.78, 5) is 10.8. The molecule has 0 spiro atoms. The van der Waals surface area contributed by atoms with Crippen LogP contribution in [0.25, 0.3) is 0 Å². The maximum absolute atomic E-state index is 12.8. The highest BCUT2D eigenvalue weighted by Gasteiger charge is 2.16. The van der Waals surface area contributed by atoms with Gasteiger partial charge in [-0.1, -0.05) is 6.92 Å². The van der Waals surface area contributed by atoms with Crippen LogP contribution in [-0.2, 0) is 4.79 Å². The number of ether oxygens (including phenoxy) is 1. The first kappa shape index (κ1) is 13.4. The summed E-state index contributed by atoms with van der Waals surface area (Å²) >= 11 is 0. The Morgan fingerprint density at radius 2 is 2.00 bits per heavy atom. The zero-order valence-electron chi connectivity index (χ0n) is 9.24. The van der Waals surface area contributed by atoms with Gasteiger partial charge in [0.05, 0.1) is 0 Å². The van der Waals surface area contributed by atoms with Crippen molar-refractivity contribution < 1.29 is 23.4 Å². The highest BCUT2D eigenvalue weighted by Crippen LogP contribution is 2.15. The number of benzene rings is 1. The van der Waals surface area contributed by atoms with Crippen molar-refractivity contribution in [3.05, 3.63) is 29.8 Å². The number of nitrogens with one attached hydrogen (secondary N) is 1. The molecule has 0 aromatic heterocycles. The zero-order chi connectivity index (χ0) is 12.8. The number of carboxylic acid groups (broad SMARTS) is 1. The lowest BCUT2D eigenvalue weighted by atomic mass is 10.3. The van der Waals surface area contributed by atoms with E-state index in [0.717, 1.165) is 12.1 Å². The van der Waals surface area contributed by atoms with Crippen LogP contribution >= 0.6 is 0 Å². The number of halogens is 2. The Hall–Kier alpha value is -1.69. The highest BCUT2D eigenvalue weighted by molar-refractivity contribution is 5.73. The molecular weight excluding hydrogens is 232 g/mol. The van der Waals surface area contributed by atoms with Gasteiger partial charge in [0.1, 0.15) is 30.0 Å². The van der Waals surface area contributed by atoms with Crippen molar-refractivity contribution in [3.8, 4) is 5.75 Å². The second-order valence-electron chi connectivity index (χ2n) is 3.36.